The molecule has 0 unspecified atom stereocenters. The van der Waals surface area contributed by atoms with E-state index in [4.69, 9.17) is 22.1 Å². The van der Waals surface area contributed by atoms with Gasteiger partial charge in [-0.05, 0) is 24.3 Å². The van der Waals surface area contributed by atoms with Crippen LogP contribution in [0.3, 0.4) is 0 Å². The number of alkyl halides is 3. The Morgan fingerprint density at radius 3 is 2.82 bits per heavy atom. The van der Waals surface area contributed by atoms with E-state index in [2.05, 4.69) is 9.97 Å². The molecular weight excluding hydrogens is 471 g/mol. The molecule has 2 aliphatic rings. The third kappa shape index (κ3) is 3.16. The van der Waals surface area contributed by atoms with E-state index >= 15 is 0 Å². The fraction of sp³-hybridized carbons (Fsp3) is 0.261. The first-order valence-corrected chi connectivity index (χ1v) is 11.0. The second-order valence-corrected chi connectivity index (χ2v) is 8.90. The Bertz CT molecular complexity index is 1490. The number of piperidine rings is 1. The number of anilines is 1. The van der Waals surface area contributed by atoms with E-state index in [1.165, 1.54) is 6.07 Å². The highest BCUT2D eigenvalue weighted by Gasteiger charge is 2.41. The molecule has 11 heteroatoms. The second kappa shape index (κ2) is 7.23. The third-order valence-electron chi connectivity index (χ3n) is 6.50. The molecule has 1 fully saturated rings. The van der Waals surface area contributed by atoms with E-state index in [-0.39, 0.29) is 28.3 Å². The number of aromatic nitrogens is 3. The van der Waals surface area contributed by atoms with Crippen molar-refractivity contribution in [2.45, 2.75) is 31.2 Å². The van der Waals surface area contributed by atoms with Crippen LogP contribution >= 0.6 is 11.6 Å². The van der Waals surface area contributed by atoms with Gasteiger partial charge in [0.2, 0.25) is 0 Å². The van der Waals surface area contributed by atoms with E-state index in [9.17, 15) is 18.0 Å². The molecule has 6 rings (SSSR count). The molecule has 4 heterocycles. The predicted octanol–water partition coefficient (Wildman–Crippen LogP) is 4.88. The predicted molar refractivity (Wildman–Crippen MR) is 119 cm³/mol. The Kier molecular flexibility index (Phi) is 4.47. The van der Waals surface area contributed by atoms with Gasteiger partial charge in [0.1, 0.15) is 23.2 Å². The number of nitrogen functional groups attached to an aromatic ring is 1. The topological polar surface area (TPSA) is 85.8 Å². The van der Waals surface area contributed by atoms with Gasteiger partial charge >= 0.3 is 6.18 Å². The smallest absolute Gasteiger partial charge is 0.416 e. The van der Waals surface area contributed by atoms with E-state index < -0.39 is 17.8 Å². The van der Waals surface area contributed by atoms with Crippen LogP contribution in [0, 0.1) is 0 Å². The summed E-state index contributed by atoms with van der Waals surface area (Å²) in [5.41, 5.74) is 7.78. The van der Waals surface area contributed by atoms with Crippen molar-refractivity contribution in [2.24, 2.45) is 0 Å². The van der Waals surface area contributed by atoms with Gasteiger partial charge in [-0.1, -0.05) is 17.7 Å². The van der Waals surface area contributed by atoms with Crippen LogP contribution in [0.25, 0.3) is 16.6 Å². The summed E-state index contributed by atoms with van der Waals surface area (Å²) in [6, 6.07) is 6.25. The van der Waals surface area contributed by atoms with Crippen molar-refractivity contribution < 1.29 is 22.7 Å². The fourth-order valence-corrected chi connectivity index (χ4v) is 5.10. The first-order chi connectivity index (χ1) is 16.2. The van der Waals surface area contributed by atoms with Crippen LogP contribution in [-0.4, -0.2) is 37.8 Å². The van der Waals surface area contributed by atoms with Crippen molar-refractivity contribution in [2.75, 3.05) is 12.3 Å². The Morgan fingerprint density at radius 1 is 1.21 bits per heavy atom. The minimum atomic E-state index is -4.48. The van der Waals surface area contributed by atoms with E-state index in [0.717, 1.165) is 12.1 Å². The van der Waals surface area contributed by atoms with Crippen molar-refractivity contribution >= 4 is 39.9 Å². The van der Waals surface area contributed by atoms with Crippen LogP contribution in [-0.2, 0) is 6.18 Å². The molecule has 4 aromatic rings. The molecule has 1 saturated heterocycles. The van der Waals surface area contributed by atoms with E-state index in [1.807, 2.05) is 0 Å². The molecule has 0 radical (unpaired) electrons. The molecular formula is C23H17ClF3N5O2. The lowest BCUT2D eigenvalue weighted by atomic mass is 9.88. The molecule has 2 N–H and O–H groups in total. The number of hydrogen-bond donors (Lipinski definition) is 1. The maximum Gasteiger partial charge on any atom is 0.416 e. The number of amides is 1. The Labute approximate surface area is 195 Å². The second-order valence-electron chi connectivity index (χ2n) is 8.50. The zero-order chi connectivity index (χ0) is 23.8. The molecule has 0 saturated carbocycles. The van der Waals surface area contributed by atoms with Crippen molar-refractivity contribution in [3.05, 3.63) is 64.6 Å². The Balaban J connectivity index is 1.42. The lowest BCUT2D eigenvalue weighted by Gasteiger charge is -2.44. The number of carbonyl (C=O) groups is 1. The van der Waals surface area contributed by atoms with E-state index in [0.29, 0.717) is 47.3 Å². The van der Waals surface area contributed by atoms with Crippen molar-refractivity contribution in [1.82, 2.24) is 19.3 Å². The van der Waals surface area contributed by atoms with Crippen LogP contribution in [0.1, 0.15) is 40.4 Å². The van der Waals surface area contributed by atoms with Gasteiger partial charge in [0.25, 0.3) is 5.91 Å². The summed E-state index contributed by atoms with van der Waals surface area (Å²) in [5, 5.41) is 0.214. The third-order valence-corrected chi connectivity index (χ3v) is 6.82. The minimum Gasteiger partial charge on any atom is -0.490 e. The van der Waals surface area contributed by atoms with Gasteiger partial charge in [-0.25, -0.2) is 9.97 Å². The first-order valence-electron chi connectivity index (χ1n) is 10.6. The number of carbonyl (C=O) groups excluding carboxylic acids is 1. The van der Waals surface area contributed by atoms with Crippen molar-refractivity contribution in [3.8, 4) is 5.75 Å². The summed E-state index contributed by atoms with van der Waals surface area (Å²) in [5.74, 6) is 0.144. The van der Waals surface area contributed by atoms with Gasteiger partial charge in [0, 0.05) is 24.9 Å². The lowest BCUT2D eigenvalue weighted by molar-refractivity contribution is -0.137. The molecule has 174 valence electrons. The Hall–Kier alpha value is -3.53. The molecule has 2 aromatic carbocycles. The Morgan fingerprint density at radius 2 is 2.03 bits per heavy atom. The zero-order valence-corrected chi connectivity index (χ0v) is 18.3. The molecule has 34 heavy (non-hydrogen) atoms. The van der Waals surface area contributed by atoms with Crippen molar-refractivity contribution in [3.63, 3.8) is 0 Å². The van der Waals surface area contributed by atoms with Crippen LogP contribution in [0.2, 0.25) is 5.02 Å². The highest BCUT2D eigenvalue weighted by Crippen LogP contribution is 2.45. The number of rotatable bonds is 1. The molecule has 2 aliphatic heterocycles. The van der Waals surface area contributed by atoms with Gasteiger partial charge < -0.3 is 15.4 Å². The number of likely N-dealkylation sites (tertiary alicyclic amines) is 1. The monoisotopic (exact) mass is 487 g/mol. The first kappa shape index (κ1) is 21.0. The maximum atomic E-state index is 13.7. The summed E-state index contributed by atoms with van der Waals surface area (Å²) in [6.07, 6.45) is -0.566. The quantitative estimate of drug-likeness (QED) is 0.414. The van der Waals surface area contributed by atoms with Gasteiger partial charge in [0.15, 0.2) is 0 Å². The average molecular weight is 488 g/mol. The summed E-state index contributed by atoms with van der Waals surface area (Å²) in [7, 11) is 0. The average Bonchev–Trinajstić information content (AvgIpc) is 3.29. The summed E-state index contributed by atoms with van der Waals surface area (Å²) < 4.78 is 47.2. The maximum absolute atomic E-state index is 13.7. The van der Waals surface area contributed by atoms with Crippen LogP contribution < -0.4 is 10.5 Å². The molecule has 1 amide bonds. The van der Waals surface area contributed by atoms with Gasteiger partial charge in [-0.15, -0.1) is 0 Å². The van der Waals surface area contributed by atoms with E-state index in [1.54, 1.807) is 34.0 Å². The zero-order valence-electron chi connectivity index (χ0n) is 17.5. The fourth-order valence-electron chi connectivity index (χ4n) is 4.86. The van der Waals surface area contributed by atoms with Crippen LogP contribution in [0.15, 0.2) is 42.9 Å². The van der Waals surface area contributed by atoms with Gasteiger partial charge in [0.05, 0.1) is 45.7 Å². The van der Waals surface area contributed by atoms with Gasteiger partial charge in [-0.3, -0.25) is 9.20 Å². The number of fused-ring (bicyclic) bond motifs is 7. The lowest BCUT2D eigenvalue weighted by Crippen LogP contribution is -2.46. The SMILES string of the molecule is Nc1nc2cc(Cl)c(C(=O)N3CC[C@H]4C[C@@H]3c3ccc(C(F)(F)F)cc3O4)cc2n2cncc12. The number of nitrogens with zero attached hydrogens (tertiary/aromatic N) is 4. The summed E-state index contributed by atoms with van der Waals surface area (Å²) >= 11 is 6.50. The molecule has 0 spiro atoms. The number of imidazole rings is 1. The molecule has 2 bridgehead atoms. The standard InChI is InChI=1S/C23H17ClF3N5O2/c24-15-8-16-18(32-10-29-9-19(32)21(28)30-16)7-14(15)22(33)31-4-3-12-6-17(31)13-2-1-11(23(25,26)27)5-20(13)34-12/h1-2,5,7-10,12,17H,3-4,6H2,(H2,28,30)/t12-,17+/m0/s1. The highest BCUT2D eigenvalue weighted by molar-refractivity contribution is 6.34. The van der Waals surface area contributed by atoms with Gasteiger partial charge in [-0.2, -0.15) is 13.2 Å². The van der Waals surface area contributed by atoms with Crippen LogP contribution in [0.5, 0.6) is 5.75 Å². The minimum absolute atomic E-state index is 0.165. The summed E-state index contributed by atoms with van der Waals surface area (Å²) in [6.45, 7) is 0.392. The molecule has 2 aromatic heterocycles. The number of ether oxygens (including phenoxy) is 1. The van der Waals surface area contributed by atoms with Crippen molar-refractivity contribution in [1.29, 1.82) is 0 Å². The number of hydrogen-bond acceptors (Lipinski definition) is 5. The highest BCUT2D eigenvalue weighted by atomic mass is 35.5. The molecule has 2 atom stereocenters. The number of nitrogens with two attached hydrogens (primary N) is 1. The molecule has 0 aliphatic carbocycles. The molecule has 7 nitrogen and oxygen atoms in total. The normalized spacial score (nSPS) is 19.8. The number of benzene rings is 2. The largest absolute Gasteiger partial charge is 0.490 e. The van der Waals surface area contributed by atoms with Crippen LogP contribution in [0.4, 0.5) is 19.0 Å². The summed E-state index contributed by atoms with van der Waals surface area (Å²) in [4.78, 5) is 23.8. The number of halogens is 4.